The molecule has 0 aliphatic carbocycles. The third-order valence-corrected chi connectivity index (χ3v) is 5.46. The fourth-order valence-corrected chi connectivity index (χ4v) is 4.12. The Labute approximate surface area is 147 Å². The molecule has 7 nitrogen and oxygen atoms in total. The topological polar surface area (TPSA) is 98.8 Å². The Morgan fingerprint density at radius 2 is 1.80 bits per heavy atom. The van der Waals surface area contributed by atoms with Gasteiger partial charge < -0.3 is 14.8 Å². The Morgan fingerprint density at radius 3 is 2.32 bits per heavy atom. The first kappa shape index (κ1) is 19.2. The number of carbonyl (C=O) groups is 2. The van der Waals surface area contributed by atoms with Crippen molar-refractivity contribution in [3.8, 4) is 5.75 Å². The van der Waals surface area contributed by atoms with Crippen molar-refractivity contribution in [1.82, 2.24) is 5.32 Å². The van der Waals surface area contributed by atoms with Crippen LogP contribution in [0.4, 0.5) is 0 Å². The maximum Gasteiger partial charge on any atom is 0.338 e. The Hall–Kier alpha value is -2.09. The number of carbonyl (C=O) groups excluding carboxylic acids is 2. The summed E-state index contributed by atoms with van der Waals surface area (Å²) in [4.78, 5) is 24.1. The van der Waals surface area contributed by atoms with E-state index < -0.39 is 33.9 Å². The van der Waals surface area contributed by atoms with Crippen LogP contribution in [0.3, 0.4) is 0 Å². The van der Waals surface area contributed by atoms with Crippen LogP contribution in [0, 0.1) is 0 Å². The predicted octanol–water partition coefficient (Wildman–Crippen LogP) is 1.32. The maximum atomic E-state index is 12.1. The number of hydrogen-bond acceptors (Lipinski definition) is 6. The highest BCUT2D eigenvalue weighted by atomic mass is 32.2. The first-order valence-electron chi connectivity index (χ1n) is 8.15. The van der Waals surface area contributed by atoms with Crippen molar-refractivity contribution in [3.05, 3.63) is 29.8 Å². The molecule has 0 radical (unpaired) electrons. The van der Waals surface area contributed by atoms with Crippen LogP contribution < -0.4 is 10.1 Å². The number of rotatable bonds is 6. The summed E-state index contributed by atoms with van der Waals surface area (Å²) < 4.78 is 33.4. The normalized spacial score (nSPS) is 20.1. The summed E-state index contributed by atoms with van der Waals surface area (Å²) in [5.74, 6) is -0.499. The second-order valence-corrected chi connectivity index (χ2v) is 8.58. The minimum Gasteiger partial charge on any atom is -0.491 e. The van der Waals surface area contributed by atoms with Crippen LogP contribution >= 0.6 is 0 Å². The molecule has 1 heterocycles. The van der Waals surface area contributed by atoms with E-state index in [-0.39, 0.29) is 17.6 Å². The quantitative estimate of drug-likeness (QED) is 0.760. The molecule has 0 unspecified atom stereocenters. The SMILES string of the molecule is CC(C)Oc1ccc(C(=O)O[C@H](C)C(=O)N[C@@H]2CCS(=O)(=O)C2)cc1. The second-order valence-electron chi connectivity index (χ2n) is 6.35. The van der Waals surface area contributed by atoms with Gasteiger partial charge >= 0.3 is 5.97 Å². The summed E-state index contributed by atoms with van der Waals surface area (Å²) in [5, 5.41) is 2.61. The van der Waals surface area contributed by atoms with E-state index in [0.29, 0.717) is 17.7 Å². The summed E-state index contributed by atoms with van der Waals surface area (Å²) >= 11 is 0. The van der Waals surface area contributed by atoms with Crippen molar-refractivity contribution >= 4 is 21.7 Å². The zero-order valence-electron chi connectivity index (χ0n) is 14.5. The molecule has 0 spiro atoms. The molecule has 0 aromatic heterocycles. The summed E-state index contributed by atoms with van der Waals surface area (Å²) in [6, 6.07) is 6.02. The monoisotopic (exact) mass is 369 g/mol. The lowest BCUT2D eigenvalue weighted by Gasteiger charge is -2.16. The predicted molar refractivity (Wildman–Crippen MR) is 92.3 cm³/mol. The summed E-state index contributed by atoms with van der Waals surface area (Å²) in [5.41, 5.74) is 0.305. The van der Waals surface area contributed by atoms with Gasteiger partial charge in [-0.15, -0.1) is 0 Å². The van der Waals surface area contributed by atoms with Gasteiger partial charge in [-0.05, 0) is 51.5 Å². The van der Waals surface area contributed by atoms with Gasteiger partial charge in [0, 0.05) is 6.04 Å². The Balaban J connectivity index is 1.87. The van der Waals surface area contributed by atoms with Crippen LogP contribution in [0.1, 0.15) is 37.6 Å². The average Bonchev–Trinajstić information content (AvgIpc) is 2.86. The molecule has 1 aromatic rings. The van der Waals surface area contributed by atoms with Crippen LogP contribution in [-0.4, -0.2) is 50.0 Å². The highest BCUT2D eigenvalue weighted by molar-refractivity contribution is 7.91. The zero-order valence-corrected chi connectivity index (χ0v) is 15.3. The van der Waals surface area contributed by atoms with E-state index in [1.54, 1.807) is 24.3 Å². The lowest BCUT2D eigenvalue weighted by Crippen LogP contribution is -2.42. The van der Waals surface area contributed by atoms with E-state index in [4.69, 9.17) is 9.47 Å². The minimum absolute atomic E-state index is 0.0286. The van der Waals surface area contributed by atoms with Gasteiger partial charge in [-0.3, -0.25) is 4.79 Å². The van der Waals surface area contributed by atoms with Crippen molar-refractivity contribution < 1.29 is 27.5 Å². The van der Waals surface area contributed by atoms with Gasteiger partial charge in [0.15, 0.2) is 15.9 Å². The number of sulfone groups is 1. The van der Waals surface area contributed by atoms with Crippen LogP contribution in [0.2, 0.25) is 0 Å². The molecule has 1 aromatic carbocycles. The van der Waals surface area contributed by atoms with Gasteiger partial charge in [0.2, 0.25) is 0 Å². The molecule has 2 atom stereocenters. The van der Waals surface area contributed by atoms with E-state index in [0.717, 1.165) is 0 Å². The molecule has 1 aliphatic heterocycles. The lowest BCUT2D eigenvalue weighted by molar-refractivity contribution is -0.129. The second kappa shape index (κ2) is 7.86. The molecule has 8 heteroatoms. The first-order chi connectivity index (χ1) is 11.7. The van der Waals surface area contributed by atoms with E-state index >= 15 is 0 Å². The molecule has 1 amide bonds. The number of hydrogen-bond donors (Lipinski definition) is 1. The van der Waals surface area contributed by atoms with Crippen molar-refractivity contribution in [2.75, 3.05) is 11.5 Å². The fourth-order valence-electron chi connectivity index (χ4n) is 2.45. The van der Waals surface area contributed by atoms with Crippen LogP contribution in [0.25, 0.3) is 0 Å². The van der Waals surface area contributed by atoms with Crippen molar-refractivity contribution in [3.63, 3.8) is 0 Å². The van der Waals surface area contributed by atoms with Gasteiger partial charge in [-0.2, -0.15) is 0 Å². The molecule has 1 saturated heterocycles. The van der Waals surface area contributed by atoms with E-state index in [1.165, 1.54) is 6.92 Å². The van der Waals surface area contributed by atoms with E-state index in [2.05, 4.69) is 5.32 Å². The molecule has 2 rings (SSSR count). The molecule has 138 valence electrons. The van der Waals surface area contributed by atoms with Gasteiger partial charge in [-0.25, -0.2) is 13.2 Å². The van der Waals surface area contributed by atoms with Crippen molar-refractivity contribution in [2.24, 2.45) is 0 Å². The van der Waals surface area contributed by atoms with Crippen molar-refractivity contribution in [2.45, 2.75) is 45.4 Å². The minimum atomic E-state index is -3.08. The molecule has 0 bridgehead atoms. The third-order valence-electron chi connectivity index (χ3n) is 3.69. The standard InChI is InChI=1S/C17H23NO6S/c1-11(2)23-15-6-4-13(5-7-15)17(20)24-12(3)16(19)18-14-8-9-25(21,22)10-14/h4-7,11-12,14H,8-10H2,1-3H3,(H,18,19)/t12-,14-/m1/s1. The Kier molecular flexibility index (Phi) is 6.05. The number of amides is 1. The Morgan fingerprint density at radius 1 is 1.16 bits per heavy atom. The molecule has 0 saturated carbocycles. The largest absolute Gasteiger partial charge is 0.491 e. The number of ether oxygens (including phenoxy) is 2. The molecule has 25 heavy (non-hydrogen) atoms. The molecular formula is C17H23NO6S. The zero-order chi connectivity index (χ0) is 18.6. The van der Waals surface area contributed by atoms with Gasteiger partial charge in [0.25, 0.3) is 5.91 Å². The van der Waals surface area contributed by atoms with Crippen LogP contribution in [-0.2, 0) is 19.4 Å². The number of esters is 1. The average molecular weight is 369 g/mol. The first-order valence-corrected chi connectivity index (χ1v) is 9.97. The summed E-state index contributed by atoms with van der Waals surface area (Å²) in [6.45, 7) is 5.25. The highest BCUT2D eigenvalue weighted by Crippen LogP contribution is 2.15. The van der Waals surface area contributed by atoms with Crippen LogP contribution in [0.15, 0.2) is 24.3 Å². The van der Waals surface area contributed by atoms with E-state index in [1.807, 2.05) is 13.8 Å². The lowest BCUT2D eigenvalue weighted by atomic mass is 10.2. The summed E-state index contributed by atoms with van der Waals surface area (Å²) in [7, 11) is -3.08. The molecule has 1 N–H and O–H groups in total. The van der Waals surface area contributed by atoms with E-state index in [9.17, 15) is 18.0 Å². The molecule has 1 aliphatic rings. The Bertz CT molecular complexity index is 726. The summed E-state index contributed by atoms with van der Waals surface area (Å²) in [6.07, 6.45) is -0.602. The number of benzene rings is 1. The van der Waals surface area contributed by atoms with Crippen LogP contribution in [0.5, 0.6) is 5.75 Å². The third kappa shape index (κ3) is 5.74. The smallest absolute Gasteiger partial charge is 0.338 e. The van der Waals surface area contributed by atoms with Crippen molar-refractivity contribution in [1.29, 1.82) is 0 Å². The highest BCUT2D eigenvalue weighted by Gasteiger charge is 2.30. The number of nitrogens with one attached hydrogen (secondary N) is 1. The van der Waals surface area contributed by atoms with Gasteiger partial charge in [0.05, 0.1) is 23.2 Å². The fraction of sp³-hybridized carbons (Fsp3) is 0.529. The maximum absolute atomic E-state index is 12.1. The van der Waals surface area contributed by atoms with Gasteiger partial charge in [-0.1, -0.05) is 0 Å². The van der Waals surface area contributed by atoms with Gasteiger partial charge in [0.1, 0.15) is 5.75 Å². The molecule has 1 fully saturated rings. The molecular weight excluding hydrogens is 346 g/mol.